The molecule has 0 aliphatic heterocycles. The number of pyridine rings is 1. The van der Waals surface area contributed by atoms with Crippen molar-refractivity contribution in [3.05, 3.63) is 114 Å². The second-order valence-electron chi connectivity index (χ2n) is 15.4. The van der Waals surface area contributed by atoms with Gasteiger partial charge < -0.3 is 39.8 Å². The van der Waals surface area contributed by atoms with Crippen LogP contribution in [0.1, 0.15) is 81.5 Å². The van der Waals surface area contributed by atoms with Crippen molar-refractivity contribution in [3.63, 3.8) is 0 Å². The molecule has 4 aromatic heterocycles. The number of aromatic hydroxyl groups is 1. The molecule has 2 aliphatic rings. The molecule has 0 amide bonds. The standard InChI is InChI=1S/C43H49N5O6S2/c1-26-9-17-38(56-26)43(53,37-8-4-21-55-37)42(52)54-29-12-10-28(11-13-29)47(2)19-5-20-48-25-45-34-22-27(30-6-3-7-33(30)41(34)48)23-44-24-36(50)31-14-16-35(49)40-32(31)15-18-39(51)46-40/h4,8-9,14-18,21-22,25,28-29,36,44,49-50,53H,3,5-7,10-13,19-20,23-24H2,1-2H3,(H,46,51)/t28-,29-,36-,43-/m0/s1. The van der Waals surface area contributed by atoms with Crippen LogP contribution in [0, 0.1) is 6.92 Å². The van der Waals surface area contributed by atoms with E-state index < -0.39 is 17.7 Å². The Kier molecular flexibility index (Phi) is 11.2. The Morgan fingerprint density at radius 1 is 1.11 bits per heavy atom. The molecule has 2 aromatic carbocycles. The molecule has 4 heterocycles. The molecule has 8 rings (SSSR count). The number of fused-ring (bicyclic) bond motifs is 4. The maximum atomic E-state index is 13.6. The van der Waals surface area contributed by atoms with Crippen molar-refractivity contribution in [1.82, 2.24) is 24.8 Å². The van der Waals surface area contributed by atoms with Crippen molar-refractivity contribution in [3.8, 4) is 5.75 Å². The van der Waals surface area contributed by atoms with Crippen molar-refractivity contribution < 1.29 is 24.9 Å². The number of rotatable bonds is 14. The summed E-state index contributed by atoms with van der Waals surface area (Å²) in [7, 11) is 2.19. The molecule has 5 N–H and O–H groups in total. The number of phenols is 1. The lowest BCUT2D eigenvalue weighted by Crippen LogP contribution is -2.42. The number of ether oxygens (including phenoxy) is 1. The monoisotopic (exact) mass is 795 g/mol. The van der Waals surface area contributed by atoms with Crippen molar-refractivity contribution in [2.24, 2.45) is 0 Å². The normalized spacial score (nSPS) is 18.7. The Hall–Kier alpha value is -4.37. The van der Waals surface area contributed by atoms with Gasteiger partial charge in [0.05, 0.1) is 38.7 Å². The number of thiophene rings is 2. The molecular formula is C43H49N5O6S2. The third kappa shape index (κ3) is 7.56. The highest BCUT2D eigenvalue weighted by atomic mass is 32.1. The van der Waals surface area contributed by atoms with Gasteiger partial charge in [-0.1, -0.05) is 12.1 Å². The molecule has 6 aromatic rings. The first-order chi connectivity index (χ1) is 27.1. The van der Waals surface area contributed by atoms with E-state index in [2.05, 4.69) is 32.9 Å². The van der Waals surface area contributed by atoms with Crippen molar-refractivity contribution in [1.29, 1.82) is 0 Å². The zero-order chi connectivity index (χ0) is 39.0. The van der Waals surface area contributed by atoms with Gasteiger partial charge in [0.25, 0.3) is 0 Å². The molecule has 1 fully saturated rings. The number of imidazole rings is 1. The number of phenolic OH excluding ortho intramolecular Hbond substituents is 1. The third-order valence-electron chi connectivity index (χ3n) is 11.7. The van der Waals surface area contributed by atoms with Crippen LogP contribution in [0.5, 0.6) is 5.75 Å². The van der Waals surface area contributed by atoms with E-state index in [1.54, 1.807) is 18.2 Å². The van der Waals surface area contributed by atoms with E-state index in [4.69, 9.17) is 9.72 Å². The average molecular weight is 796 g/mol. The lowest BCUT2D eigenvalue weighted by atomic mass is 9.91. The van der Waals surface area contributed by atoms with Gasteiger partial charge in [-0.2, -0.15) is 0 Å². The van der Waals surface area contributed by atoms with Gasteiger partial charge >= 0.3 is 5.97 Å². The quantitative estimate of drug-likeness (QED) is 0.0785. The molecule has 56 heavy (non-hydrogen) atoms. The van der Waals surface area contributed by atoms with Crippen molar-refractivity contribution in [2.45, 2.75) is 95.2 Å². The Morgan fingerprint density at radius 3 is 2.70 bits per heavy atom. The van der Waals surface area contributed by atoms with E-state index >= 15 is 0 Å². The first kappa shape index (κ1) is 38.5. The van der Waals surface area contributed by atoms with Crippen LogP contribution >= 0.6 is 22.7 Å². The summed E-state index contributed by atoms with van der Waals surface area (Å²) in [6.07, 6.45) is 8.49. The minimum Gasteiger partial charge on any atom is -0.506 e. The number of benzene rings is 2. The summed E-state index contributed by atoms with van der Waals surface area (Å²) in [5.41, 5.74) is 5.08. The van der Waals surface area contributed by atoms with E-state index in [0.29, 0.717) is 45.4 Å². The molecule has 0 unspecified atom stereocenters. The fourth-order valence-electron chi connectivity index (χ4n) is 8.72. The van der Waals surface area contributed by atoms with Gasteiger partial charge in [0.1, 0.15) is 11.9 Å². The number of aliphatic hydroxyl groups excluding tert-OH is 1. The number of nitrogens with one attached hydrogen (secondary N) is 2. The zero-order valence-corrected chi connectivity index (χ0v) is 33.4. The van der Waals surface area contributed by atoms with Gasteiger partial charge in [-0.05, 0) is 136 Å². The number of aliphatic hydroxyl groups is 2. The maximum Gasteiger partial charge on any atom is 0.349 e. The summed E-state index contributed by atoms with van der Waals surface area (Å²) in [5.74, 6) is -0.609. The van der Waals surface area contributed by atoms with Crippen LogP contribution < -0.4 is 10.9 Å². The number of carbonyl (C=O) groups excluding carboxylic acids is 1. The van der Waals surface area contributed by atoms with Gasteiger partial charge in [-0.3, -0.25) is 4.79 Å². The fourth-order valence-corrected chi connectivity index (χ4v) is 10.6. The van der Waals surface area contributed by atoms with Gasteiger partial charge in [-0.15, -0.1) is 22.7 Å². The minimum absolute atomic E-state index is 0.0257. The number of nitrogens with zero attached hydrogens (tertiary/aromatic N) is 3. The Morgan fingerprint density at radius 2 is 1.93 bits per heavy atom. The number of aromatic nitrogens is 3. The molecule has 1 saturated carbocycles. The summed E-state index contributed by atoms with van der Waals surface area (Å²) in [6, 6.07) is 16.2. The van der Waals surface area contributed by atoms with Gasteiger partial charge in [0, 0.05) is 42.0 Å². The number of hydrogen-bond acceptors (Lipinski definition) is 11. The van der Waals surface area contributed by atoms with Crippen LogP contribution in [0.15, 0.2) is 71.1 Å². The number of hydrogen-bond donors (Lipinski definition) is 5. The molecule has 2 aliphatic carbocycles. The first-order valence-electron chi connectivity index (χ1n) is 19.6. The van der Waals surface area contributed by atoms with Crippen LogP contribution in [0.25, 0.3) is 21.9 Å². The second kappa shape index (κ2) is 16.2. The summed E-state index contributed by atoms with van der Waals surface area (Å²) in [4.78, 5) is 37.5. The lowest BCUT2D eigenvalue weighted by Gasteiger charge is -2.35. The number of aromatic amines is 1. The minimum atomic E-state index is -1.78. The van der Waals surface area contributed by atoms with Gasteiger partial charge in [-0.25, -0.2) is 9.78 Å². The molecular weight excluding hydrogens is 747 g/mol. The first-order valence-corrected chi connectivity index (χ1v) is 21.3. The maximum absolute atomic E-state index is 13.6. The molecule has 294 valence electrons. The Labute approximate surface area is 333 Å². The number of carbonyl (C=O) groups is 1. The molecule has 11 nitrogen and oxygen atoms in total. The predicted molar refractivity (Wildman–Crippen MR) is 220 cm³/mol. The lowest BCUT2D eigenvalue weighted by molar-refractivity contribution is -0.169. The third-order valence-corrected chi connectivity index (χ3v) is 13.8. The summed E-state index contributed by atoms with van der Waals surface area (Å²) in [5, 5.41) is 39.0. The molecule has 0 spiro atoms. The summed E-state index contributed by atoms with van der Waals surface area (Å²) in [6.45, 7) is 4.71. The Bertz CT molecular complexity index is 2390. The van der Waals surface area contributed by atoms with Crippen LogP contribution in [-0.2, 0) is 41.1 Å². The van der Waals surface area contributed by atoms with E-state index in [1.165, 1.54) is 57.0 Å². The van der Waals surface area contributed by atoms with Crippen LogP contribution in [0.3, 0.4) is 0 Å². The number of H-pyrrole nitrogens is 1. The van der Waals surface area contributed by atoms with Crippen LogP contribution in [0.4, 0.5) is 0 Å². The number of esters is 1. The molecule has 2 atom stereocenters. The van der Waals surface area contributed by atoms with E-state index in [0.717, 1.165) is 74.8 Å². The fraction of sp³-hybridized carbons (Fsp3) is 0.419. The SMILES string of the molecule is Cc1ccc([C@](O)(C(=O)O[C@H]2CC[C@H](N(C)CCCn3cnc4cc(CNC[C@H](O)c5ccc(O)c6[nH]c(=O)ccc56)c5c(c43)CCC5)CC2)c2cccs2)s1. The largest absolute Gasteiger partial charge is 0.506 e. The molecule has 0 saturated heterocycles. The highest BCUT2D eigenvalue weighted by Gasteiger charge is 2.45. The van der Waals surface area contributed by atoms with Crippen LogP contribution in [0.2, 0.25) is 0 Å². The molecule has 0 radical (unpaired) electrons. The topological polar surface area (TPSA) is 153 Å². The second-order valence-corrected chi connectivity index (χ2v) is 17.6. The van der Waals surface area contributed by atoms with Gasteiger partial charge in [0.2, 0.25) is 11.2 Å². The van der Waals surface area contributed by atoms with Crippen molar-refractivity contribution in [2.75, 3.05) is 20.1 Å². The molecule has 0 bridgehead atoms. The van der Waals surface area contributed by atoms with E-state index in [9.17, 15) is 24.9 Å². The Balaban J connectivity index is 0.843. The van der Waals surface area contributed by atoms with Crippen LogP contribution in [-0.4, -0.2) is 73.0 Å². The highest BCUT2D eigenvalue weighted by Crippen LogP contribution is 2.39. The zero-order valence-electron chi connectivity index (χ0n) is 31.8. The van der Waals surface area contributed by atoms with Crippen molar-refractivity contribution >= 4 is 50.6 Å². The summed E-state index contributed by atoms with van der Waals surface area (Å²) < 4.78 is 8.34. The number of aryl methyl sites for hydroxylation is 3. The summed E-state index contributed by atoms with van der Waals surface area (Å²) >= 11 is 2.79. The predicted octanol–water partition coefficient (Wildman–Crippen LogP) is 6.44. The van der Waals surface area contributed by atoms with E-state index in [1.807, 2.05) is 36.8 Å². The average Bonchev–Trinajstić information content (AvgIpc) is 4.03. The smallest absolute Gasteiger partial charge is 0.349 e. The van der Waals surface area contributed by atoms with E-state index in [-0.39, 0.29) is 17.4 Å². The molecule has 13 heteroatoms. The highest BCUT2D eigenvalue weighted by molar-refractivity contribution is 7.13. The van der Waals surface area contributed by atoms with Gasteiger partial charge in [0.15, 0.2) is 0 Å².